The second-order valence-corrected chi connectivity index (χ2v) is 7.84. The first-order valence-corrected chi connectivity index (χ1v) is 8.79. The van der Waals surface area contributed by atoms with Crippen LogP contribution >= 0.6 is 28.1 Å². The first-order valence-electron chi connectivity index (χ1n) is 7.59. The smallest absolute Gasteiger partial charge is 0.171 e. The molecule has 120 valence electrons. The summed E-state index contributed by atoms with van der Waals surface area (Å²) >= 11 is 8.92. The lowest BCUT2D eigenvalue weighted by atomic mass is 10.1. The lowest BCUT2D eigenvalue weighted by Gasteiger charge is -2.26. The number of fused-ring (bicyclic) bond motifs is 3. The highest BCUT2D eigenvalue weighted by molar-refractivity contribution is 9.10. The normalized spacial score (nSPS) is 12.5. The van der Waals surface area contributed by atoms with Gasteiger partial charge in [-0.1, -0.05) is 28.1 Å². The highest BCUT2D eigenvalue weighted by atomic mass is 79.9. The fraction of sp³-hybridized carbons (Fsp3) is 0.278. The standard InChI is InChI=1S/C18H20BrN3S/c1-18(2,10-20)22-17(23)21-14-4-6-16-12(9-14)7-11-8-13(19)3-5-15(11)16/h3-6,8-9H,7,10,20H2,1-2H3,(H2,21,22,23). The van der Waals surface area contributed by atoms with E-state index in [1.54, 1.807) is 0 Å². The van der Waals surface area contributed by atoms with Crippen molar-refractivity contribution in [1.82, 2.24) is 5.32 Å². The van der Waals surface area contributed by atoms with Crippen LogP contribution in [0.2, 0.25) is 0 Å². The Morgan fingerprint density at radius 3 is 2.52 bits per heavy atom. The van der Waals surface area contributed by atoms with E-state index in [4.69, 9.17) is 18.0 Å². The molecule has 0 aliphatic heterocycles. The molecule has 3 rings (SSSR count). The minimum absolute atomic E-state index is 0.219. The van der Waals surface area contributed by atoms with Crippen molar-refractivity contribution in [3.63, 3.8) is 0 Å². The van der Waals surface area contributed by atoms with Crippen LogP contribution in [0.3, 0.4) is 0 Å². The Bertz CT molecular complexity index is 771. The van der Waals surface area contributed by atoms with E-state index < -0.39 is 0 Å². The van der Waals surface area contributed by atoms with Crippen molar-refractivity contribution < 1.29 is 0 Å². The van der Waals surface area contributed by atoms with Gasteiger partial charge in [0.25, 0.3) is 0 Å². The summed E-state index contributed by atoms with van der Waals surface area (Å²) in [6.45, 7) is 4.57. The van der Waals surface area contributed by atoms with Gasteiger partial charge in [0, 0.05) is 22.2 Å². The number of thiocarbonyl (C=S) groups is 1. The van der Waals surface area contributed by atoms with Gasteiger partial charge in [0.05, 0.1) is 0 Å². The molecule has 2 aromatic carbocycles. The van der Waals surface area contributed by atoms with Gasteiger partial charge in [-0.25, -0.2) is 0 Å². The number of benzene rings is 2. The molecule has 1 aliphatic carbocycles. The van der Waals surface area contributed by atoms with Crippen molar-refractivity contribution in [2.45, 2.75) is 25.8 Å². The van der Waals surface area contributed by atoms with Gasteiger partial charge in [0.15, 0.2) is 5.11 Å². The zero-order chi connectivity index (χ0) is 16.6. The van der Waals surface area contributed by atoms with Crippen LogP contribution in [-0.2, 0) is 6.42 Å². The fourth-order valence-electron chi connectivity index (χ4n) is 2.78. The quantitative estimate of drug-likeness (QED) is 0.591. The molecule has 0 spiro atoms. The molecule has 2 aromatic rings. The van der Waals surface area contributed by atoms with Crippen molar-refractivity contribution in [2.24, 2.45) is 5.73 Å². The Labute approximate surface area is 150 Å². The number of rotatable bonds is 3. The second kappa shape index (κ2) is 6.23. The van der Waals surface area contributed by atoms with E-state index in [0.29, 0.717) is 11.7 Å². The summed E-state index contributed by atoms with van der Waals surface area (Å²) in [4.78, 5) is 0. The highest BCUT2D eigenvalue weighted by Crippen LogP contribution is 2.38. The topological polar surface area (TPSA) is 50.1 Å². The maximum absolute atomic E-state index is 5.73. The molecule has 4 N–H and O–H groups in total. The van der Waals surface area contributed by atoms with Crippen LogP contribution in [0.1, 0.15) is 25.0 Å². The third-order valence-corrected chi connectivity index (χ3v) is 4.76. The molecule has 0 saturated heterocycles. The Morgan fingerprint density at radius 1 is 1.17 bits per heavy atom. The maximum atomic E-state index is 5.73. The lowest BCUT2D eigenvalue weighted by Crippen LogP contribution is -2.50. The van der Waals surface area contributed by atoms with E-state index in [1.807, 2.05) is 13.8 Å². The molecule has 0 radical (unpaired) electrons. The summed E-state index contributed by atoms with van der Waals surface area (Å²) in [5.41, 5.74) is 11.8. The van der Waals surface area contributed by atoms with Crippen LogP contribution in [0.5, 0.6) is 0 Å². The van der Waals surface area contributed by atoms with Crippen molar-refractivity contribution in [1.29, 1.82) is 0 Å². The van der Waals surface area contributed by atoms with E-state index in [2.05, 4.69) is 63.0 Å². The van der Waals surface area contributed by atoms with Gasteiger partial charge in [-0.2, -0.15) is 0 Å². The number of nitrogens with one attached hydrogen (secondary N) is 2. The average Bonchev–Trinajstić information content (AvgIpc) is 2.82. The molecule has 0 fully saturated rings. The van der Waals surface area contributed by atoms with E-state index in [-0.39, 0.29) is 5.54 Å². The van der Waals surface area contributed by atoms with Crippen LogP contribution in [-0.4, -0.2) is 17.2 Å². The zero-order valence-corrected chi connectivity index (χ0v) is 15.6. The number of hydrogen-bond donors (Lipinski definition) is 3. The van der Waals surface area contributed by atoms with Crippen LogP contribution < -0.4 is 16.4 Å². The van der Waals surface area contributed by atoms with Crippen molar-refractivity contribution in [3.8, 4) is 11.1 Å². The van der Waals surface area contributed by atoms with Crippen LogP contribution in [0.15, 0.2) is 40.9 Å². The number of hydrogen-bond acceptors (Lipinski definition) is 2. The van der Waals surface area contributed by atoms with E-state index >= 15 is 0 Å². The molecule has 0 heterocycles. The summed E-state index contributed by atoms with van der Waals surface area (Å²) in [7, 11) is 0. The molecular weight excluding hydrogens is 370 g/mol. The molecule has 0 bridgehead atoms. The van der Waals surface area contributed by atoms with Crippen LogP contribution in [0.4, 0.5) is 5.69 Å². The molecule has 23 heavy (non-hydrogen) atoms. The molecule has 1 aliphatic rings. The predicted octanol–water partition coefficient (Wildman–Crippen LogP) is 4.04. The van der Waals surface area contributed by atoms with Gasteiger partial charge in [0.2, 0.25) is 0 Å². The average molecular weight is 390 g/mol. The number of nitrogens with two attached hydrogens (primary N) is 1. The summed E-state index contributed by atoms with van der Waals surface area (Å²) in [5.74, 6) is 0. The van der Waals surface area contributed by atoms with Crippen LogP contribution in [0, 0.1) is 0 Å². The second-order valence-electron chi connectivity index (χ2n) is 6.52. The molecule has 0 saturated carbocycles. The minimum atomic E-state index is -0.219. The van der Waals surface area contributed by atoms with Crippen molar-refractivity contribution >= 4 is 38.9 Å². The Balaban J connectivity index is 1.78. The molecule has 0 aromatic heterocycles. The largest absolute Gasteiger partial charge is 0.356 e. The minimum Gasteiger partial charge on any atom is -0.356 e. The summed E-state index contributed by atoms with van der Waals surface area (Å²) in [5, 5.41) is 7.09. The van der Waals surface area contributed by atoms with E-state index in [1.165, 1.54) is 22.3 Å². The Kier molecular flexibility index (Phi) is 4.45. The zero-order valence-electron chi connectivity index (χ0n) is 13.2. The predicted molar refractivity (Wildman–Crippen MR) is 105 cm³/mol. The molecule has 0 unspecified atom stereocenters. The molecule has 0 amide bonds. The summed E-state index contributed by atoms with van der Waals surface area (Å²) in [6, 6.07) is 12.9. The van der Waals surface area contributed by atoms with Gasteiger partial charge in [-0.05, 0) is 79.0 Å². The molecular formula is C18H20BrN3S. The first kappa shape index (κ1) is 16.4. The molecule has 0 atom stereocenters. The van der Waals surface area contributed by atoms with Gasteiger partial charge < -0.3 is 16.4 Å². The monoisotopic (exact) mass is 389 g/mol. The van der Waals surface area contributed by atoms with E-state index in [0.717, 1.165) is 16.6 Å². The van der Waals surface area contributed by atoms with E-state index in [9.17, 15) is 0 Å². The lowest BCUT2D eigenvalue weighted by molar-refractivity contribution is 0.475. The SMILES string of the molecule is CC(C)(CN)NC(=S)Nc1ccc2c(c1)Cc1cc(Br)ccc1-2. The number of halogens is 1. The molecule has 5 heteroatoms. The van der Waals surface area contributed by atoms with Gasteiger partial charge in [-0.15, -0.1) is 0 Å². The third-order valence-electron chi connectivity index (χ3n) is 4.06. The van der Waals surface area contributed by atoms with Crippen LogP contribution in [0.25, 0.3) is 11.1 Å². The molecule has 3 nitrogen and oxygen atoms in total. The van der Waals surface area contributed by atoms with Gasteiger partial charge in [-0.3, -0.25) is 0 Å². The van der Waals surface area contributed by atoms with Gasteiger partial charge >= 0.3 is 0 Å². The summed E-state index contributed by atoms with van der Waals surface area (Å²) in [6.07, 6.45) is 0.952. The Morgan fingerprint density at radius 2 is 1.83 bits per heavy atom. The number of anilines is 1. The summed E-state index contributed by atoms with van der Waals surface area (Å²) < 4.78 is 1.12. The fourth-order valence-corrected chi connectivity index (χ4v) is 3.58. The maximum Gasteiger partial charge on any atom is 0.171 e. The van der Waals surface area contributed by atoms with Crippen molar-refractivity contribution in [2.75, 3.05) is 11.9 Å². The van der Waals surface area contributed by atoms with Gasteiger partial charge in [0.1, 0.15) is 0 Å². The van der Waals surface area contributed by atoms with Crippen molar-refractivity contribution in [3.05, 3.63) is 52.0 Å². The first-order chi connectivity index (χ1) is 10.9. The Hall–Kier alpha value is -1.43. The highest BCUT2D eigenvalue weighted by Gasteiger charge is 2.20. The third kappa shape index (κ3) is 3.57.